The van der Waals surface area contributed by atoms with Crippen molar-refractivity contribution in [1.29, 1.82) is 0 Å². The van der Waals surface area contributed by atoms with Gasteiger partial charge in [-0.1, -0.05) is 0 Å². The Kier molecular flexibility index (Phi) is 4.20. The summed E-state index contributed by atoms with van der Waals surface area (Å²) in [6.07, 6.45) is 8.62. The summed E-state index contributed by atoms with van der Waals surface area (Å²) < 4.78 is 5.17. The summed E-state index contributed by atoms with van der Waals surface area (Å²) in [5.74, 6) is 2.03. The average molecular weight is 293 g/mol. The van der Waals surface area contributed by atoms with E-state index in [2.05, 4.69) is 25.3 Å². The predicted octanol–water partition coefficient (Wildman–Crippen LogP) is 2.55. The summed E-state index contributed by atoms with van der Waals surface area (Å²) in [7, 11) is 1.61. The van der Waals surface area contributed by atoms with Gasteiger partial charge in [0.15, 0.2) is 5.82 Å². The van der Waals surface area contributed by atoms with E-state index in [1.165, 1.54) is 0 Å². The first-order valence-electron chi connectivity index (χ1n) is 6.80. The molecule has 0 radical (unpaired) electrons. The summed E-state index contributed by atoms with van der Waals surface area (Å²) in [6.45, 7) is 0.676. The van der Waals surface area contributed by atoms with Gasteiger partial charge >= 0.3 is 0 Å². The lowest BCUT2D eigenvalue weighted by atomic mass is 10.2. The van der Waals surface area contributed by atoms with E-state index in [0.717, 1.165) is 16.9 Å². The number of ether oxygens (including phenoxy) is 1. The molecule has 0 aliphatic rings. The van der Waals surface area contributed by atoms with Crippen molar-refractivity contribution in [3.05, 3.63) is 60.8 Å². The van der Waals surface area contributed by atoms with Crippen molar-refractivity contribution in [2.24, 2.45) is 0 Å². The Morgan fingerprint density at radius 2 is 1.91 bits per heavy atom. The topological polar surface area (TPSA) is 72.8 Å². The Balaban J connectivity index is 1.77. The lowest BCUT2D eigenvalue weighted by Gasteiger charge is -2.07. The highest BCUT2D eigenvalue weighted by atomic mass is 16.5. The smallest absolute Gasteiger partial charge is 0.163 e. The molecule has 1 N–H and O–H groups in total. The monoisotopic (exact) mass is 293 g/mol. The number of nitrogens with one attached hydrogen (secondary N) is 1. The molecular weight excluding hydrogens is 278 g/mol. The van der Waals surface area contributed by atoms with Crippen LogP contribution < -0.4 is 10.1 Å². The molecule has 6 heteroatoms. The number of anilines is 1. The lowest BCUT2D eigenvalue weighted by Crippen LogP contribution is -2.02. The Labute approximate surface area is 128 Å². The van der Waals surface area contributed by atoms with Crippen molar-refractivity contribution in [2.45, 2.75) is 6.54 Å². The summed E-state index contributed by atoms with van der Waals surface area (Å²) in [4.78, 5) is 16.9. The van der Waals surface area contributed by atoms with Gasteiger partial charge in [-0.05, 0) is 29.8 Å². The number of methoxy groups -OCH3 is 1. The van der Waals surface area contributed by atoms with Gasteiger partial charge in [-0.25, -0.2) is 9.97 Å². The van der Waals surface area contributed by atoms with Crippen molar-refractivity contribution < 1.29 is 4.74 Å². The molecule has 0 saturated heterocycles. The van der Waals surface area contributed by atoms with Gasteiger partial charge in [-0.2, -0.15) is 0 Å². The van der Waals surface area contributed by atoms with E-state index >= 15 is 0 Å². The quantitative estimate of drug-likeness (QED) is 0.779. The molecule has 6 nitrogen and oxygen atoms in total. The second kappa shape index (κ2) is 6.62. The lowest BCUT2D eigenvalue weighted by molar-refractivity contribution is 0.413. The molecule has 3 rings (SSSR count). The second-order valence-corrected chi connectivity index (χ2v) is 4.59. The average Bonchev–Trinajstić information content (AvgIpc) is 2.61. The second-order valence-electron chi connectivity index (χ2n) is 4.59. The fourth-order valence-corrected chi connectivity index (χ4v) is 1.94. The molecule has 0 aromatic carbocycles. The Hall–Kier alpha value is -3.02. The normalized spacial score (nSPS) is 10.2. The summed E-state index contributed by atoms with van der Waals surface area (Å²) in [6, 6.07) is 7.61. The molecule has 0 unspecified atom stereocenters. The highest BCUT2D eigenvalue weighted by Gasteiger charge is 2.05. The van der Waals surface area contributed by atoms with Crippen LogP contribution in [0.15, 0.2) is 55.2 Å². The first kappa shape index (κ1) is 13.9. The van der Waals surface area contributed by atoms with Crippen molar-refractivity contribution in [2.75, 3.05) is 12.4 Å². The molecule has 0 bridgehead atoms. The van der Waals surface area contributed by atoms with E-state index in [1.54, 1.807) is 38.1 Å². The van der Waals surface area contributed by atoms with Crippen LogP contribution in [-0.4, -0.2) is 27.0 Å². The van der Waals surface area contributed by atoms with E-state index in [9.17, 15) is 0 Å². The van der Waals surface area contributed by atoms with Crippen molar-refractivity contribution in [3.8, 4) is 17.1 Å². The van der Waals surface area contributed by atoms with Crippen molar-refractivity contribution in [1.82, 2.24) is 19.9 Å². The predicted molar refractivity (Wildman–Crippen MR) is 83.4 cm³/mol. The molecule has 3 aromatic heterocycles. The molecule has 0 atom stereocenters. The largest absolute Gasteiger partial charge is 0.495 e. The number of aromatic nitrogens is 4. The molecule has 0 amide bonds. The van der Waals surface area contributed by atoms with Crippen LogP contribution in [0.3, 0.4) is 0 Å². The minimum atomic E-state index is 0.603. The maximum Gasteiger partial charge on any atom is 0.163 e. The van der Waals surface area contributed by atoms with Gasteiger partial charge in [0, 0.05) is 36.9 Å². The fourth-order valence-electron chi connectivity index (χ4n) is 1.94. The number of hydrogen-bond donors (Lipinski definition) is 1. The SMILES string of the molecule is COc1cncc(-c2nccc(NCc3ccncc3)n2)c1. The summed E-state index contributed by atoms with van der Waals surface area (Å²) in [5.41, 5.74) is 1.95. The van der Waals surface area contributed by atoms with Crippen LogP contribution >= 0.6 is 0 Å². The highest BCUT2D eigenvalue weighted by Crippen LogP contribution is 2.20. The molecule has 3 heterocycles. The molecule has 0 fully saturated rings. The Bertz CT molecular complexity index is 748. The van der Waals surface area contributed by atoms with Crippen LogP contribution in [0.25, 0.3) is 11.4 Å². The minimum Gasteiger partial charge on any atom is -0.495 e. The zero-order chi connectivity index (χ0) is 15.2. The fraction of sp³-hybridized carbons (Fsp3) is 0.125. The van der Waals surface area contributed by atoms with Crippen LogP contribution in [-0.2, 0) is 6.54 Å². The van der Waals surface area contributed by atoms with Gasteiger partial charge in [0.1, 0.15) is 11.6 Å². The van der Waals surface area contributed by atoms with Crippen molar-refractivity contribution >= 4 is 5.82 Å². The van der Waals surface area contributed by atoms with Gasteiger partial charge in [0.05, 0.1) is 13.3 Å². The van der Waals surface area contributed by atoms with Crippen LogP contribution in [0.1, 0.15) is 5.56 Å². The number of pyridine rings is 2. The van der Waals surface area contributed by atoms with Crippen LogP contribution in [0, 0.1) is 0 Å². The zero-order valence-electron chi connectivity index (χ0n) is 12.1. The van der Waals surface area contributed by atoms with E-state index in [-0.39, 0.29) is 0 Å². The first-order valence-corrected chi connectivity index (χ1v) is 6.80. The van der Waals surface area contributed by atoms with Gasteiger partial charge in [-0.3, -0.25) is 9.97 Å². The van der Waals surface area contributed by atoms with Gasteiger partial charge in [0.2, 0.25) is 0 Å². The van der Waals surface area contributed by atoms with Gasteiger partial charge in [0.25, 0.3) is 0 Å². The molecule has 0 spiro atoms. The first-order chi connectivity index (χ1) is 10.8. The summed E-state index contributed by atoms with van der Waals surface area (Å²) in [5, 5.41) is 3.27. The number of rotatable bonds is 5. The third-order valence-electron chi connectivity index (χ3n) is 3.09. The highest BCUT2D eigenvalue weighted by molar-refractivity contribution is 5.57. The third-order valence-corrected chi connectivity index (χ3v) is 3.09. The van der Waals surface area contributed by atoms with E-state index in [0.29, 0.717) is 18.1 Å². The van der Waals surface area contributed by atoms with Gasteiger partial charge in [-0.15, -0.1) is 0 Å². The van der Waals surface area contributed by atoms with E-state index in [1.807, 2.05) is 24.3 Å². The third kappa shape index (κ3) is 3.35. The summed E-state index contributed by atoms with van der Waals surface area (Å²) >= 11 is 0. The van der Waals surface area contributed by atoms with Gasteiger partial charge < -0.3 is 10.1 Å². The van der Waals surface area contributed by atoms with Crippen LogP contribution in [0.4, 0.5) is 5.82 Å². The minimum absolute atomic E-state index is 0.603. The molecule has 0 saturated carbocycles. The van der Waals surface area contributed by atoms with Crippen molar-refractivity contribution in [3.63, 3.8) is 0 Å². The maximum absolute atomic E-state index is 5.17. The molecular formula is C16H15N5O. The molecule has 3 aromatic rings. The standard InChI is InChI=1S/C16H15N5O/c1-22-14-8-13(10-18-11-14)16-19-7-4-15(21-16)20-9-12-2-5-17-6-3-12/h2-8,10-11H,9H2,1H3,(H,19,20,21). The number of nitrogens with zero attached hydrogens (tertiary/aromatic N) is 4. The van der Waals surface area contributed by atoms with E-state index in [4.69, 9.17) is 4.74 Å². The van der Waals surface area contributed by atoms with Crippen LogP contribution in [0.2, 0.25) is 0 Å². The molecule has 22 heavy (non-hydrogen) atoms. The Morgan fingerprint density at radius 1 is 1.05 bits per heavy atom. The Morgan fingerprint density at radius 3 is 2.73 bits per heavy atom. The molecule has 0 aliphatic heterocycles. The van der Waals surface area contributed by atoms with Crippen LogP contribution in [0.5, 0.6) is 5.75 Å². The number of hydrogen-bond acceptors (Lipinski definition) is 6. The molecule has 0 aliphatic carbocycles. The maximum atomic E-state index is 5.17. The zero-order valence-corrected chi connectivity index (χ0v) is 12.1. The van der Waals surface area contributed by atoms with E-state index < -0.39 is 0 Å². The molecule has 110 valence electrons.